The molecule has 0 unspecified atom stereocenters. The molecule has 166 valence electrons. The number of nitrogens with zero attached hydrogens (tertiary/aromatic N) is 4. The lowest BCUT2D eigenvalue weighted by molar-refractivity contribution is 0.0946. The van der Waals surface area contributed by atoms with Crippen LogP contribution in [0.2, 0.25) is 0 Å². The number of hydrogen-bond donors (Lipinski definition) is 1. The van der Waals surface area contributed by atoms with Crippen LogP contribution in [-0.2, 0) is 16.3 Å². The van der Waals surface area contributed by atoms with Crippen LogP contribution in [0.3, 0.4) is 0 Å². The molecule has 0 spiro atoms. The number of benzene rings is 1. The third kappa shape index (κ3) is 5.94. The molecule has 4 rings (SSSR count). The summed E-state index contributed by atoms with van der Waals surface area (Å²) < 4.78 is 23.6. The average molecular weight is 444 g/mol. The summed E-state index contributed by atoms with van der Waals surface area (Å²) in [4.78, 5) is 25.8. The Morgan fingerprint density at radius 2 is 1.87 bits per heavy atom. The SMILES string of the molecule is CN(CCc1ccccc1)c1nc(C(=O)NCC2CC2)cc(N2CCS(=O)(=O)CC2)n1. The van der Waals surface area contributed by atoms with Crippen LogP contribution in [0.15, 0.2) is 36.4 Å². The van der Waals surface area contributed by atoms with E-state index in [1.165, 1.54) is 5.56 Å². The zero-order valence-electron chi connectivity index (χ0n) is 17.8. The third-order valence-corrected chi connectivity index (χ3v) is 7.38. The third-order valence-electron chi connectivity index (χ3n) is 5.77. The van der Waals surface area contributed by atoms with E-state index in [9.17, 15) is 13.2 Å². The quantitative estimate of drug-likeness (QED) is 0.661. The minimum absolute atomic E-state index is 0.0966. The monoisotopic (exact) mass is 443 g/mol. The fourth-order valence-corrected chi connectivity index (χ4v) is 4.70. The first kappa shape index (κ1) is 21.5. The summed E-state index contributed by atoms with van der Waals surface area (Å²) in [6.07, 6.45) is 3.14. The maximum atomic E-state index is 12.7. The molecule has 2 aromatic rings. The van der Waals surface area contributed by atoms with Gasteiger partial charge in [0.1, 0.15) is 11.5 Å². The molecule has 2 fully saturated rings. The largest absolute Gasteiger partial charge is 0.354 e. The van der Waals surface area contributed by atoms with Crippen molar-refractivity contribution in [3.8, 4) is 0 Å². The van der Waals surface area contributed by atoms with Gasteiger partial charge in [-0.15, -0.1) is 0 Å². The zero-order valence-corrected chi connectivity index (χ0v) is 18.6. The number of rotatable bonds is 8. The van der Waals surface area contributed by atoms with Crippen LogP contribution in [0.25, 0.3) is 0 Å². The Kier molecular flexibility index (Phi) is 6.41. The zero-order chi connectivity index (χ0) is 21.8. The van der Waals surface area contributed by atoms with Gasteiger partial charge >= 0.3 is 0 Å². The molecule has 31 heavy (non-hydrogen) atoms. The van der Waals surface area contributed by atoms with Gasteiger partial charge < -0.3 is 15.1 Å². The molecule has 1 N–H and O–H groups in total. The minimum Gasteiger partial charge on any atom is -0.354 e. The van der Waals surface area contributed by atoms with Gasteiger partial charge in [0.2, 0.25) is 5.95 Å². The number of anilines is 2. The highest BCUT2D eigenvalue weighted by Gasteiger charge is 2.26. The first-order valence-electron chi connectivity index (χ1n) is 10.8. The van der Waals surface area contributed by atoms with Crippen molar-refractivity contribution >= 4 is 27.5 Å². The Morgan fingerprint density at radius 3 is 2.55 bits per heavy atom. The van der Waals surface area contributed by atoms with Crippen molar-refractivity contribution in [3.63, 3.8) is 0 Å². The number of sulfone groups is 1. The molecule has 1 saturated carbocycles. The Bertz CT molecular complexity index is 1010. The summed E-state index contributed by atoms with van der Waals surface area (Å²) in [6.45, 7) is 2.11. The highest BCUT2D eigenvalue weighted by molar-refractivity contribution is 7.91. The molecule has 1 aromatic heterocycles. The molecule has 0 radical (unpaired) electrons. The van der Waals surface area contributed by atoms with Gasteiger partial charge in [-0.25, -0.2) is 13.4 Å². The van der Waals surface area contributed by atoms with Gasteiger partial charge in [0.15, 0.2) is 9.84 Å². The van der Waals surface area contributed by atoms with Crippen molar-refractivity contribution in [2.75, 3.05) is 54.5 Å². The second kappa shape index (κ2) is 9.21. The molecule has 1 amide bonds. The van der Waals surface area contributed by atoms with Crippen LogP contribution in [0.1, 0.15) is 28.9 Å². The molecular weight excluding hydrogens is 414 g/mol. The van der Waals surface area contributed by atoms with Crippen LogP contribution >= 0.6 is 0 Å². The number of nitrogens with one attached hydrogen (secondary N) is 1. The van der Waals surface area contributed by atoms with E-state index in [2.05, 4.69) is 27.4 Å². The van der Waals surface area contributed by atoms with Crippen LogP contribution in [0.5, 0.6) is 0 Å². The number of amides is 1. The molecule has 8 nitrogen and oxygen atoms in total. The molecule has 0 atom stereocenters. The fourth-order valence-electron chi connectivity index (χ4n) is 3.50. The highest BCUT2D eigenvalue weighted by Crippen LogP contribution is 2.27. The molecule has 1 aliphatic heterocycles. The standard InChI is InChI=1S/C22H29N5O3S/c1-26(10-9-17-5-3-2-4-6-17)22-24-19(21(28)23-16-18-7-8-18)15-20(25-22)27-11-13-31(29,30)14-12-27/h2-6,15,18H,7-14,16H2,1H3,(H,23,28). The van der Waals surface area contributed by atoms with Crippen LogP contribution < -0.4 is 15.1 Å². The van der Waals surface area contributed by atoms with Gasteiger partial charge in [-0.05, 0) is 30.7 Å². The average Bonchev–Trinajstić information content (AvgIpc) is 3.61. The number of aromatic nitrogens is 2. The van der Waals surface area contributed by atoms with E-state index >= 15 is 0 Å². The number of carbonyl (C=O) groups is 1. The Balaban J connectivity index is 1.53. The smallest absolute Gasteiger partial charge is 0.270 e. The predicted molar refractivity (Wildman–Crippen MR) is 121 cm³/mol. The molecule has 1 aliphatic carbocycles. The lowest BCUT2D eigenvalue weighted by Gasteiger charge is -2.29. The molecule has 0 bridgehead atoms. The summed E-state index contributed by atoms with van der Waals surface area (Å²) in [6, 6.07) is 11.9. The van der Waals surface area contributed by atoms with Crippen molar-refractivity contribution in [2.24, 2.45) is 5.92 Å². The maximum Gasteiger partial charge on any atom is 0.270 e. The van der Waals surface area contributed by atoms with Crippen molar-refractivity contribution in [2.45, 2.75) is 19.3 Å². The first-order chi connectivity index (χ1) is 14.9. The molecule has 9 heteroatoms. The van der Waals surface area contributed by atoms with Crippen LogP contribution in [-0.4, -0.2) is 69.0 Å². The van der Waals surface area contributed by atoms with Crippen LogP contribution in [0, 0.1) is 5.92 Å². The summed E-state index contributed by atoms with van der Waals surface area (Å²) in [5.41, 5.74) is 1.54. The maximum absolute atomic E-state index is 12.7. The van der Waals surface area contributed by atoms with E-state index in [0.29, 0.717) is 49.6 Å². The second-order valence-electron chi connectivity index (χ2n) is 8.36. The molecule has 2 aliphatic rings. The number of carbonyl (C=O) groups excluding carboxylic acids is 1. The molecule has 1 saturated heterocycles. The van der Waals surface area contributed by atoms with E-state index in [0.717, 1.165) is 19.3 Å². The summed E-state index contributed by atoms with van der Waals surface area (Å²) in [5, 5.41) is 2.97. The van der Waals surface area contributed by atoms with Crippen molar-refractivity contribution < 1.29 is 13.2 Å². The molecule has 2 heterocycles. The van der Waals surface area contributed by atoms with Crippen LogP contribution in [0.4, 0.5) is 11.8 Å². The summed E-state index contributed by atoms with van der Waals surface area (Å²) >= 11 is 0. The highest BCUT2D eigenvalue weighted by atomic mass is 32.2. The Morgan fingerprint density at radius 1 is 1.16 bits per heavy atom. The van der Waals surface area contributed by atoms with E-state index in [1.54, 1.807) is 6.07 Å². The van der Waals surface area contributed by atoms with Crippen molar-refractivity contribution in [1.82, 2.24) is 15.3 Å². The lowest BCUT2D eigenvalue weighted by atomic mass is 10.1. The van der Waals surface area contributed by atoms with Gasteiger partial charge in [0.05, 0.1) is 11.5 Å². The fraction of sp³-hybridized carbons (Fsp3) is 0.500. The Hall–Kier alpha value is -2.68. The normalized spacial score (nSPS) is 17.9. The van der Waals surface area contributed by atoms with Gasteiger partial charge in [-0.2, -0.15) is 4.98 Å². The van der Waals surface area contributed by atoms with Gasteiger partial charge in [0.25, 0.3) is 5.91 Å². The number of hydrogen-bond acceptors (Lipinski definition) is 7. The van der Waals surface area contributed by atoms with E-state index in [1.807, 2.05) is 35.0 Å². The topological polar surface area (TPSA) is 95.5 Å². The van der Waals surface area contributed by atoms with E-state index < -0.39 is 9.84 Å². The van der Waals surface area contributed by atoms with Crippen molar-refractivity contribution in [3.05, 3.63) is 47.7 Å². The number of likely N-dealkylation sites (N-methyl/N-ethyl adjacent to an activating group) is 1. The summed E-state index contributed by atoms with van der Waals surface area (Å²) in [5.74, 6) is 1.63. The van der Waals surface area contributed by atoms with Gasteiger partial charge in [0, 0.05) is 39.3 Å². The van der Waals surface area contributed by atoms with Gasteiger partial charge in [-0.1, -0.05) is 30.3 Å². The minimum atomic E-state index is -3.00. The van der Waals surface area contributed by atoms with E-state index in [-0.39, 0.29) is 17.4 Å². The summed E-state index contributed by atoms with van der Waals surface area (Å²) in [7, 11) is -1.09. The molecular formula is C22H29N5O3S. The Labute approximate surface area is 183 Å². The lowest BCUT2D eigenvalue weighted by Crippen LogP contribution is -2.41. The van der Waals surface area contributed by atoms with Crippen molar-refractivity contribution in [1.29, 1.82) is 0 Å². The van der Waals surface area contributed by atoms with E-state index in [4.69, 9.17) is 0 Å². The van der Waals surface area contributed by atoms with Gasteiger partial charge in [-0.3, -0.25) is 4.79 Å². The second-order valence-corrected chi connectivity index (χ2v) is 10.7. The predicted octanol–water partition coefficient (Wildman–Crippen LogP) is 1.53. The molecule has 1 aromatic carbocycles. The first-order valence-corrected chi connectivity index (χ1v) is 12.6.